The van der Waals surface area contributed by atoms with E-state index in [9.17, 15) is 5.11 Å². The third-order valence-electron chi connectivity index (χ3n) is 5.01. The minimum Gasteiger partial charge on any atom is -0.388 e. The first-order valence-corrected chi connectivity index (χ1v) is 8.31. The minimum absolute atomic E-state index is 0.349. The maximum absolute atomic E-state index is 10.8. The maximum Gasteiger partial charge on any atom is 0.0833 e. The second-order valence-corrected chi connectivity index (χ2v) is 6.69. The minimum atomic E-state index is -0.349. The summed E-state index contributed by atoms with van der Waals surface area (Å²) in [6.07, 6.45) is 7.24. The first-order chi connectivity index (χ1) is 9.75. The smallest absolute Gasteiger partial charge is 0.0833 e. The molecule has 0 aromatic heterocycles. The number of aliphatic hydroxyl groups excluding tert-OH is 1. The highest BCUT2D eigenvalue weighted by Gasteiger charge is 2.36. The van der Waals surface area contributed by atoms with E-state index in [1.54, 1.807) is 0 Å². The SMILES string of the molecule is O[C@H](c1ccc(Cl)cc1)[C@@H]1CCCC[C@H]1N1CCCC1. The topological polar surface area (TPSA) is 23.5 Å². The number of hydrogen-bond acceptors (Lipinski definition) is 2. The molecule has 3 heteroatoms. The van der Waals surface area contributed by atoms with Crippen molar-refractivity contribution >= 4 is 11.6 Å². The Bertz CT molecular complexity index is 427. The van der Waals surface area contributed by atoms with Gasteiger partial charge in [-0.15, -0.1) is 0 Å². The van der Waals surface area contributed by atoms with E-state index in [4.69, 9.17) is 11.6 Å². The molecular formula is C17H24ClNO. The number of hydrogen-bond donors (Lipinski definition) is 1. The molecule has 2 nitrogen and oxygen atoms in total. The quantitative estimate of drug-likeness (QED) is 0.909. The summed E-state index contributed by atoms with van der Waals surface area (Å²) in [6, 6.07) is 8.28. The zero-order valence-electron chi connectivity index (χ0n) is 12.0. The second-order valence-electron chi connectivity index (χ2n) is 6.26. The predicted octanol–water partition coefficient (Wildman–Crippen LogP) is 4.03. The third kappa shape index (κ3) is 3.03. The van der Waals surface area contributed by atoms with Crippen LogP contribution in [0.1, 0.15) is 50.2 Å². The lowest BCUT2D eigenvalue weighted by Crippen LogP contribution is -2.43. The number of nitrogens with zero attached hydrogens (tertiary/aromatic N) is 1. The van der Waals surface area contributed by atoms with E-state index >= 15 is 0 Å². The predicted molar refractivity (Wildman–Crippen MR) is 83.0 cm³/mol. The zero-order valence-corrected chi connectivity index (χ0v) is 12.7. The summed E-state index contributed by atoms with van der Waals surface area (Å²) in [7, 11) is 0. The molecule has 1 aliphatic heterocycles. The van der Waals surface area contributed by atoms with E-state index in [1.807, 2.05) is 24.3 Å². The Morgan fingerprint density at radius 2 is 1.65 bits per heavy atom. The van der Waals surface area contributed by atoms with Crippen molar-refractivity contribution in [1.29, 1.82) is 0 Å². The fourth-order valence-corrected chi connectivity index (χ4v) is 4.07. The van der Waals surface area contributed by atoms with Crippen LogP contribution in [0.5, 0.6) is 0 Å². The maximum atomic E-state index is 10.8. The summed E-state index contributed by atoms with van der Waals surface area (Å²) in [6.45, 7) is 2.43. The number of halogens is 1. The molecule has 0 radical (unpaired) electrons. The molecule has 0 bridgehead atoms. The Balaban J connectivity index is 1.76. The van der Waals surface area contributed by atoms with Gasteiger partial charge in [0.2, 0.25) is 0 Å². The summed E-state index contributed by atoms with van der Waals surface area (Å²) < 4.78 is 0. The van der Waals surface area contributed by atoms with E-state index in [1.165, 1.54) is 45.2 Å². The molecule has 1 N–H and O–H groups in total. The van der Waals surface area contributed by atoms with E-state index in [0.29, 0.717) is 12.0 Å². The van der Waals surface area contributed by atoms with Crippen LogP contribution in [0.25, 0.3) is 0 Å². The monoisotopic (exact) mass is 293 g/mol. The molecule has 110 valence electrons. The average molecular weight is 294 g/mol. The van der Waals surface area contributed by atoms with Gasteiger partial charge in [-0.1, -0.05) is 36.6 Å². The Hall–Kier alpha value is -0.570. The van der Waals surface area contributed by atoms with Gasteiger partial charge in [-0.3, -0.25) is 0 Å². The average Bonchev–Trinajstić information content (AvgIpc) is 3.01. The van der Waals surface area contributed by atoms with Crippen LogP contribution in [0.2, 0.25) is 5.02 Å². The van der Waals surface area contributed by atoms with Crippen LogP contribution in [-0.4, -0.2) is 29.1 Å². The summed E-state index contributed by atoms with van der Waals surface area (Å²) in [5.41, 5.74) is 1.02. The van der Waals surface area contributed by atoms with Gasteiger partial charge < -0.3 is 10.0 Å². The Labute approximate surface area is 126 Å². The van der Waals surface area contributed by atoms with Crippen LogP contribution >= 0.6 is 11.6 Å². The van der Waals surface area contributed by atoms with Crippen LogP contribution in [-0.2, 0) is 0 Å². The van der Waals surface area contributed by atoms with Crippen molar-refractivity contribution in [3.63, 3.8) is 0 Å². The highest BCUT2D eigenvalue weighted by Crippen LogP contribution is 2.38. The van der Waals surface area contributed by atoms with Crippen LogP contribution in [0, 0.1) is 5.92 Å². The molecule has 1 heterocycles. The van der Waals surface area contributed by atoms with Crippen molar-refractivity contribution in [3.05, 3.63) is 34.9 Å². The van der Waals surface area contributed by atoms with Crippen LogP contribution in [0.3, 0.4) is 0 Å². The van der Waals surface area contributed by atoms with Crippen molar-refractivity contribution in [2.75, 3.05) is 13.1 Å². The molecule has 3 rings (SSSR count). The molecule has 2 fully saturated rings. The normalized spacial score (nSPS) is 29.5. The number of likely N-dealkylation sites (tertiary alicyclic amines) is 1. The Kier molecular flexibility index (Phi) is 4.65. The van der Waals surface area contributed by atoms with Crippen molar-refractivity contribution < 1.29 is 5.11 Å². The van der Waals surface area contributed by atoms with Gasteiger partial charge >= 0.3 is 0 Å². The number of aliphatic hydroxyl groups is 1. The lowest BCUT2D eigenvalue weighted by Gasteiger charge is -2.40. The van der Waals surface area contributed by atoms with Crippen molar-refractivity contribution in [3.8, 4) is 0 Å². The van der Waals surface area contributed by atoms with Crippen molar-refractivity contribution in [2.45, 2.75) is 50.7 Å². The zero-order chi connectivity index (χ0) is 13.9. The molecule has 1 aromatic carbocycles. The molecule has 1 aromatic rings. The van der Waals surface area contributed by atoms with Crippen molar-refractivity contribution in [1.82, 2.24) is 4.90 Å². The van der Waals surface area contributed by atoms with Gasteiger partial charge in [0.15, 0.2) is 0 Å². The Morgan fingerprint density at radius 3 is 2.35 bits per heavy atom. The van der Waals surface area contributed by atoms with Gasteiger partial charge in [0, 0.05) is 17.0 Å². The molecule has 1 saturated heterocycles. The molecule has 0 unspecified atom stereocenters. The summed E-state index contributed by atoms with van der Waals surface area (Å²) >= 11 is 5.94. The summed E-state index contributed by atoms with van der Waals surface area (Å²) in [5.74, 6) is 0.378. The van der Waals surface area contributed by atoms with Gasteiger partial charge in [0.1, 0.15) is 0 Å². The molecule has 0 amide bonds. The van der Waals surface area contributed by atoms with E-state index in [0.717, 1.165) is 17.0 Å². The number of rotatable bonds is 3. The van der Waals surface area contributed by atoms with Gasteiger partial charge in [0.05, 0.1) is 6.10 Å². The van der Waals surface area contributed by atoms with Gasteiger partial charge in [0.25, 0.3) is 0 Å². The van der Waals surface area contributed by atoms with Gasteiger partial charge in [-0.05, 0) is 56.5 Å². The highest BCUT2D eigenvalue weighted by molar-refractivity contribution is 6.30. The van der Waals surface area contributed by atoms with E-state index in [2.05, 4.69) is 4.90 Å². The third-order valence-corrected chi connectivity index (χ3v) is 5.26. The van der Waals surface area contributed by atoms with Crippen molar-refractivity contribution in [2.24, 2.45) is 5.92 Å². The lowest BCUT2D eigenvalue weighted by molar-refractivity contribution is 0.0195. The molecule has 1 saturated carbocycles. The Morgan fingerprint density at radius 1 is 1.00 bits per heavy atom. The van der Waals surface area contributed by atoms with E-state index in [-0.39, 0.29) is 6.10 Å². The van der Waals surface area contributed by atoms with Crippen LogP contribution in [0.15, 0.2) is 24.3 Å². The fraction of sp³-hybridized carbons (Fsp3) is 0.647. The van der Waals surface area contributed by atoms with Crippen LogP contribution < -0.4 is 0 Å². The van der Waals surface area contributed by atoms with E-state index < -0.39 is 0 Å². The lowest BCUT2D eigenvalue weighted by atomic mass is 9.78. The number of benzene rings is 1. The highest BCUT2D eigenvalue weighted by atomic mass is 35.5. The molecule has 0 spiro atoms. The summed E-state index contributed by atoms with van der Waals surface area (Å²) in [4.78, 5) is 2.61. The first kappa shape index (κ1) is 14.4. The largest absolute Gasteiger partial charge is 0.388 e. The molecular weight excluding hydrogens is 270 g/mol. The van der Waals surface area contributed by atoms with Gasteiger partial charge in [-0.2, -0.15) is 0 Å². The molecule has 2 aliphatic rings. The molecule has 1 aliphatic carbocycles. The van der Waals surface area contributed by atoms with Crippen LogP contribution in [0.4, 0.5) is 0 Å². The molecule has 20 heavy (non-hydrogen) atoms. The van der Waals surface area contributed by atoms with Gasteiger partial charge in [-0.25, -0.2) is 0 Å². The molecule has 3 atom stereocenters. The second kappa shape index (κ2) is 6.46. The summed E-state index contributed by atoms with van der Waals surface area (Å²) in [5, 5.41) is 11.5. The standard InChI is InChI=1S/C17H24ClNO/c18-14-9-7-13(8-10-14)17(20)15-5-1-2-6-16(15)19-11-3-4-12-19/h7-10,15-17,20H,1-6,11-12H2/t15-,16-,17-/m1/s1. The first-order valence-electron chi connectivity index (χ1n) is 7.93. The fourth-order valence-electron chi connectivity index (χ4n) is 3.94.